The second kappa shape index (κ2) is 5.15. The summed E-state index contributed by atoms with van der Waals surface area (Å²) in [4.78, 5) is 13.6. The Morgan fingerprint density at radius 3 is 2.39 bits per heavy atom. The van der Waals surface area contributed by atoms with Crippen molar-refractivity contribution in [2.75, 3.05) is 7.11 Å². The molecule has 0 N–H and O–H groups in total. The molecule has 1 aromatic heterocycles. The average molecular weight is 271 g/mol. The number of aldehydes is 1. The first-order valence-corrected chi connectivity index (χ1v) is 4.36. The van der Waals surface area contributed by atoms with Gasteiger partial charge in [-0.05, 0) is 0 Å². The van der Waals surface area contributed by atoms with E-state index in [1.54, 1.807) is 0 Å². The predicted octanol–water partition coefficient (Wildman–Crippen LogP) is 2.74. The molecule has 1 heterocycles. The lowest BCUT2D eigenvalue weighted by Gasteiger charge is -2.15. The highest BCUT2D eigenvalue weighted by molar-refractivity contribution is 5.79. The molecular formula is C9H6F5NO3. The molecule has 0 aliphatic carbocycles. The van der Waals surface area contributed by atoms with Gasteiger partial charge in [-0.3, -0.25) is 4.79 Å². The quantitative estimate of drug-likeness (QED) is 0.624. The van der Waals surface area contributed by atoms with Gasteiger partial charge in [-0.15, -0.1) is 13.2 Å². The fourth-order valence-corrected chi connectivity index (χ4v) is 1.20. The van der Waals surface area contributed by atoms with E-state index in [9.17, 15) is 26.7 Å². The summed E-state index contributed by atoms with van der Waals surface area (Å²) in [6, 6.07) is 0. The van der Waals surface area contributed by atoms with Gasteiger partial charge < -0.3 is 9.47 Å². The number of ether oxygens (including phenoxy) is 2. The molecule has 0 aromatic carbocycles. The topological polar surface area (TPSA) is 48.4 Å². The Balaban J connectivity index is 3.38. The third kappa shape index (κ3) is 3.05. The maximum atomic E-state index is 12.7. The van der Waals surface area contributed by atoms with E-state index in [1.165, 1.54) is 0 Å². The maximum absolute atomic E-state index is 12.7. The largest absolute Gasteiger partial charge is 0.574 e. The number of hydrogen-bond donors (Lipinski definition) is 0. The minimum atomic E-state index is -5.11. The van der Waals surface area contributed by atoms with Gasteiger partial charge in [0.1, 0.15) is 0 Å². The molecule has 0 aliphatic heterocycles. The van der Waals surface area contributed by atoms with Crippen LogP contribution in [0.3, 0.4) is 0 Å². The lowest BCUT2D eigenvalue weighted by molar-refractivity contribution is -0.276. The normalized spacial score (nSPS) is 11.5. The van der Waals surface area contributed by atoms with Gasteiger partial charge >= 0.3 is 6.36 Å². The zero-order chi connectivity index (χ0) is 13.9. The Morgan fingerprint density at radius 2 is 2.00 bits per heavy atom. The lowest BCUT2D eigenvalue weighted by atomic mass is 10.1. The van der Waals surface area contributed by atoms with Crippen molar-refractivity contribution in [2.45, 2.75) is 12.8 Å². The molecule has 0 unspecified atom stereocenters. The zero-order valence-electron chi connectivity index (χ0n) is 8.79. The second-order valence-electron chi connectivity index (χ2n) is 2.93. The van der Waals surface area contributed by atoms with Crippen molar-refractivity contribution >= 4 is 6.29 Å². The number of carbonyl (C=O) groups excluding carboxylic acids is 1. The molecule has 0 aliphatic rings. The van der Waals surface area contributed by atoms with Gasteiger partial charge in [-0.25, -0.2) is 13.8 Å². The number of halogens is 5. The van der Waals surface area contributed by atoms with Gasteiger partial charge in [0.15, 0.2) is 12.0 Å². The Labute approximate surface area is 97.3 Å². The summed E-state index contributed by atoms with van der Waals surface area (Å²) >= 11 is 0. The monoisotopic (exact) mass is 271 g/mol. The summed E-state index contributed by atoms with van der Waals surface area (Å²) in [5, 5.41) is 0. The highest BCUT2D eigenvalue weighted by Gasteiger charge is 2.35. The van der Waals surface area contributed by atoms with Crippen LogP contribution in [0.5, 0.6) is 11.6 Å². The van der Waals surface area contributed by atoms with Crippen molar-refractivity contribution in [1.82, 2.24) is 4.98 Å². The molecule has 18 heavy (non-hydrogen) atoms. The number of aromatic nitrogens is 1. The van der Waals surface area contributed by atoms with E-state index in [0.717, 1.165) is 7.11 Å². The molecule has 0 bridgehead atoms. The molecule has 100 valence electrons. The summed E-state index contributed by atoms with van der Waals surface area (Å²) in [7, 11) is 0.862. The maximum Gasteiger partial charge on any atom is 0.574 e. The van der Waals surface area contributed by atoms with Gasteiger partial charge in [0, 0.05) is 11.8 Å². The van der Waals surface area contributed by atoms with Gasteiger partial charge in [-0.2, -0.15) is 0 Å². The fraction of sp³-hybridized carbons (Fsp3) is 0.333. The summed E-state index contributed by atoms with van der Waals surface area (Å²) in [5.41, 5.74) is -1.57. The first kappa shape index (κ1) is 14.1. The smallest absolute Gasteiger partial charge is 0.491 e. The Kier molecular flexibility index (Phi) is 4.04. The highest BCUT2D eigenvalue weighted by atomic mass is 19.4. The molecule has 0 amide bonds. The first-order chi connectivity index (χ1) is 8.30. The minimum absolute atomic E-state index is 0.0361. The Bertz CT molecular complexity index is 447. The standard InChI is InChI=1S/C9H6F5NO3/c1-17-6-5(7(10)11)4(3-16)2-15-8(6)18-9(12,13)14/h2-3,7H,1H3. The van der Waals surface area contributed by atoms with Crippen LogP contribution < -0.4 is 9.47 Å². The number of alkyl halides is 5. The van der Waals surface area contributed by atoms with Crippen LogP contribution in [-0.4, -0.2) is 24.7 Å². The molecule has 4 nitrogen and oxygen atoms in total. The van der Waals surface area contributed by atoms with Crippen LogP contribution in [0.4, 0.5) is 22.0 Å². The molecule has 0 radical (unpaired) electrons. The van der Waals surface area contributed by atoms with E-state index in [1.807, 2.05) is 0 Å². The first-order valence-electron chi connectivity index (χ1n) is 4.36. The van der Waals surface area contributed by atoms with Crippen molar-refractivity contribution in [2.24, 2.45) is 0 Å². The number of pyridine rings is 1. The van der Waals surface area contributed by atoms with E-state index >= 15 is 0 Å². The van der Waals surface area contributed by atoms with Gasteiger partial charge in [0.25, 0.3) is 12.3 Å². The zero-order valence-corrected chi connectivity index (χ0v) is 8.79. The minimum Gasteiger partial charge on any atom is -0.491 e. The molecular weight excluding hydrogens is 265 g/mol. The number of nitrogens with zero attached hydrogens (tertiary/aromatic N) is 1. The van der Waals surface area contributed by atoms with Crippen LogP contribution in [0.1, 0.15) is 22.3 Å². The average Bonchev–Trinajstić information content (AvgIpc) is 2.26. The van der Waals surface area contributed by atoms with Crippen LogP contribution in [0, 0.1) is 0 Å². The van der Waals surface area contributed by atoms with Gasteiger partial charge in [-0.1, -0.05) is 0 Å². The van der Waals surface area contributed by atoms with Gasteiger partial charge in [0.05, 0.1) is 12.7 Å². The van der Waals surface area contributed by atoms with Crippen LogP contribution in [-0.2, 0) is 0 Å². The number of hydrogen-bond acceptors (Lipinski definition) is 4. The van der Waals surface area contributed by atoms with Gasteiger partial charge in [0.2, 0.25) is 0 Å². The van der Waals surface area contributed by atoms with Crippen molar-refractivity contribution < 1.29 is 36.2 Å². The van der Waals surface area contributed by atoms with E-state index in [2.05, 4.69) is 14.5 Å². The van der Waals surface area contributed by atoms with E-state index in [0.29, 0.717) is 6.20 Å². The second-order valence-corrected chi connectivity index (χ2v) is 2.93. The molecule has 0 fully saturated rings. The van der Waals surface area contributed by atoms with Crippen LogP contribution in [0.25, 0.3) is 0 Å². The van der Waals surface area contributed by atoms with E-state index in [4.69, 9.17) is 0 Å². The highest BCUT2D eigenvalue weighted by Crippen LogP contribution is 2.39. The summed E-state index contributed by atoms with van der Waals surface area (Å²) in [6.07, 6.45) is -7.73. The Morgan fingerprint density at radius 1 is 1.39 bits per heavy atom. The molecule has 1 aromatic rings. The van der Waals surface area contributed by atoms with Crippen molar-refractivity contribution in [1.29, 1.82) is 0 Å². The lowest BCUT2D eigenvalue weighted by Crippen LogP contribution is -2.19. The molecule has 9 heteroatoms. The molecule has 0 saturated carbocycles. The van der Waals surface area contributed by atoms with Crippen molar-refractivity contribution in [3.05, 3.63) is 17.3 Å². The number of methoxy groups -OCH3 is 1. The van der Waals surface area contributed by atoms with Crippen LogP contribution in [0.2, 0.25) is 0 Å². The van der Waals surface area contributed by atoms with Crippen LogP contribution in [0.15, 0.2) is 6.20 Å². The Hall–Kier alpha value is -1.93. The molecule has 0 spiro atoms. The third-order valence-corrected chi connectivity index (χ3v) is 1.83. The van der Waals surface area contributed by atoms with E-state index < -0.39 is 35.5 Å². The summed E-state index contributed by atoms with van der Waals surface area (Å²) in [5.74, 6) is -2.10. The molecule has 0 saturated heterocycles. The molecule has 0 atom stereocenters. The predicted molar refractivity (Wildman–Crippen MR) is 47.8 cm³/mol. The van der Waals surface area contributed by atoms with Crippen molar-refractivity contribution in [3.8, 4) is 11.6 Å². The summed E-state index contributed by atoms with van der Waals surface area (Å²) < 4.78 is 69.2. The third-order valence-electron chi connectivity index (χ3n) is 1.83. The van der Waals surface area contributed by atoms with Crippen molar-refractivity contribution in [3.63, 3.8) is 0 Å². The summed E-state index contributed by atoms with van der Waals surface area (Å²) in [6.45, 7) is 0. The number of rotatable bonds is 4. The number of carbonyl (C=O) groups is 1. The fourth-order valence-electron chi connectivity index (χ4n) is 1.20. The SMILES string of the molecule is COc1c(OC(F)(F)F)ncc(C=O)c1C(F)F. The van der Waals surface area contributed by atoms with E-state index in [-0.39, 0.29) is 6.29 Å². The molecule has 1 rings (SSSR count). The van der Waals surface area contributed by atoms with Crippen LogP contribution >= 0.6 is 0 Å².